The Labute approximate surface area is 90.1 Å². The summed E-state index contributed by atoms with van der Waals surface area (Å²) in [5.74, 6) is -0.159. The van der Waals surface area contributed by atoms with Gasteiger partial charge < -0.3 is 5.32 Å². The van der Waals surface area contributed by atoms with E-state index in [2.05, 4.69) is 10.2 Å². The molecule has 1 aromatic carbocycles. The minimum atomic E-state index is -0.159. The summed E-state index contributed by atoms with van der Waals surface area (Å²) < 4.78 is 12.7. The summed E-state index contributed by atoms with van der Waals surface area (Å²) in [4.78, 5) is 2.40. The molecule has 2 rings (SSSR count). The van der Waals surface area contributed by atoms with Crippen LogP contribution in [0.4, 0.5) is 4.39 Å². The predicted octanol–water partition coefficient (Wildman–Crippen LogP) is 1.62. The first kappa shape index (κ1) is 10.6. The lowest BCUT2D eigenvalue weighted by Crippen LogP contribution is -2.29. The Hall–Kier alpha value is -0.930. The van der Waals surface area contributed by atoms with Gasteiger partial charge in [-0.1, -0.05) is 12.1 Å². The zero-order chi connectivity index (χ0) is 10.7. The van der Waals surface area contributed by atoms with Gasteiger partial charge in [0, 0.05) is 25.7 Å². The maximum Gasteiger partial charge on any atom is 0.123 e. The number of hydrogen-bond acceptors (Lipinski definition) is 2. The Morgan fingerprint density at radius 2 is 2.13 bits per heavy atom. The van der Waals surface area contributed by atoms with Gasteiger partial charge in [-0.3, -0.25) is 4.90 Å². The van der Waals surface area contributed by atoms with Crippen molar-refractivity contribution in [1.82, 2.24) is 10.2 Å². The number of halogens is 1. The molecule has 1 aromatic rings. The van der Waals surface area contributed by atoms with Crippen LogP contribution < -0.4 is 5.32 Å². The summed E-state index contributed by atoms with van der Waals surface area (Å²) in [5, 5.41) is 3.29. The Balaban J connectivity index is 1.90. The summed E-state index contributed by atoms with van der Waals surface area (Å²) in [6.45, 7) is 3.15. The summed E-state index contributed by atoms with van der Waals surface area (Å²) >= 11 is 0. The largest absolute Gasteiger partial charge is 0.316 e. The summed E-state index contributed by atoms with van der Waals surface area (Å²) in [6, 6.07) is 7.40. The topological polar surface area (TPSA) is 15.3 Å². The van der Waals surface area contributed by atoms with Gasteiger partial charge in [0.1, 0.15) is 5.82 Å². The van der Waals surface area contributed by atoms with E-state index in [4.69, 9.17) is 0 Å². The van der Waals surface area contributed by atoms with Gasteiger partial charge in [0.15, 0.2) is 0 Å². The second-order valence-corrected chi connectivity index (χ2v) is 4.14. The monoisotopic (exact) mass is 208 g/mol. The molecule has 2 nitrogen and oxygen atoms in total. The Morgan fingerprint density at radius 1 is 1.40 bits per heavy atom. The van der Waals surface area contributed by atoms with E-state index < -0.39 is 0 Å². The highest BCUT2D eigenvalue weighted by molar-refractivity contribution is 5.16. The van der Waals surface area contributed by atoms with Gasteiger partial charge in [-0.2, -0.15) is 0 Å². The molecule has 1 fully saturated rings. The summed E-state index contributed by atoms with van der Waals surface area (Å²) in [5.41, 5.74) is 1.19. The van der Waals surface area contributed by atoms with Crippen molar-refractivity contribution < 1.29 is 4.39 Å². The van der Waals surface area contributed by atoms with Crippen LogP contribution in [0.3, 0.4) is 0 Å². The average molecular weight is 208 g/mol. The lowest BCUT2D eigenvalue weighted by molar-refractivity contribution is 0.322. The molecule has 0 aliphatic carbocycles. The molecule has 1 saturated heterocycles. The summed E-state index contributed by atoms with van der Waals surface area (Å²) in [6.07, 6.45) is 1.21. The molecule has 1 N–H and O–H groups in total. The Bertz CT molecular complexity index is 310. The minimum absolute atomic E-state index is 0.159. The number of hydrogen-bond donors (Lipinski definition) is 1. The van der Waals surface area contributed by atoms with Gasteiger partial charge >= 0.3 is 0 Å². The van der Waals surface area contributed by atoms with Gasteiger partial charge in [0.25, 0.3) is 0 Å². The van der Waals surface area contributed by atoms with Crippen LogP contribution in [0.1, 0.15) is 12.0 Å². The van der Waals surface area contributed by atoms with Crippen LogP contribution in [-0.2, 0) is 6.54 Å². The highest BCUT2D eigenvalue weighted by Gasteiger charge is 2.20. The number of nitrogens with one attached hydrogen (secondary N) is 1. The minimum Gasteiger partial charge on any atom is -0.316 e. The molecule has 15 heavy (non-hydrogen) atoms. The fourth-order valence-electron chi connectivity index (χ4n) is 2.06. The van der Waals surface area contributed by atoms with Crippen LogP contribution in [-0.4, -0.2) is 31.1 Å². The van der Waals surface area contributed by atoms with Crippen molar-refractivity contribution in [3.63, 3.8) is 0 Å². The number of rotatable bonds is 3. The van der Waals surface area contributed by atoms with Crippen LogP contribution in [0.15, 0.2) is 24.3 Å². The van der Waals surface area contributed by atoms with Crippen molar-refractivity contribution in [2.24, 2.45) is 0 Å². The molecular weight excluding hydrogens is 191 g/mol. The third-order valence-corrected chi connectivity index (χ3v) is 3.00. The van der Waals surface area contributed by atoms with Crippen molar-refractivity contribution in [3.8, 4) is 0 Å². The van der Waals surface area contributed by atoms with E-state index in [1.54, 1.807) is 0 Å². The van der Waals surface area contributed by atoms with Gasteiger partial charge in [0.05, 0.1) is 0 Å². The first-order valence-corrected chi connectivity index (χ1v) is 5.42. The van der Waals surface area contributed by atoms with E-state index >= 15 is 0 Å². The molecule has 3 heteroatoms. The van der Waals surface area contributed by atoms with E-state index in [1.807, 2.05) is 19.2 Å². The van der Waals surface area contributed by atoms with Gasteiger partial charge in [-0.25, -0.2) is 4.39 Å². The third kappa shape index (κ3) is 2.76. The number of likely N-dealkylation sites (N-methyl/N-ethyl adjacent to an activating group) is 1. The molecule has 1 heterocycles. The summed E-state index contributed by atoms with van der Waals surface area (Å²) in [7, 11) is 2.01. The van der Waals surface area contributed by atoms with E-state index in [1.165, 1.54) is 24.1 Å². The van der Waals surface area contributed by atoms with E-state index in [0.717, 1.165) is 19.6 Å². The number of likely N-dealkylation sites (tertiary alicyclic amines) is 1. The normalized spacial score (nSPS) is 22.1. The molecule has 0 amide bonds. The molecule has 1 aliphatic heterocycles. The van der Waals surface area contributed by atoms with E-state index in [-0.39, 0.29) is 5.82 Å². The molecule has 0 spiro atoms. The number of benzene rings is 1. The highest BCUT2D eigenvalue weighted by Crippen LogP contribution is 2.13. The maximum absolute atomic E-state index is 12.7. The Kier molecular flexibility index (Phi) is 3.34. The fraction of sp³-hybridized carbons (Fsp3) is 0.500. The Morgan fingerprint density at radius 3 is 2.73 bits per heavy atom. The third-order valence-electron chi connectivity index (χ3n) is 3.00. The maximum atomic E-state index is 12.7. The van der Waals surface area contributed by atoms with Crippen LogP contribution in [0, 0.1) is 5.82 Å². The molecule has 0 radical (unpaired) electrons. The standard InChI is InChI=1S/C12H17FN2/c1-14-12-6-7-15(9-12)8-10-2-4-11(13)5-3-10/h2-5,12,14H,6-9H2,1H3. The quantitative estimate of drug-likeness (QED) is 0.812. The lowest BCUT2D eigenvalue weighted by atomic mass is 10.2. The van der Waals surface area contributed by atoms with Crippen molar-refractivity contribution in [2.45, 2.75) is 19.0 Å². The van der Waals surface area contributed by atoms with Crippen LogP contribution in [0.25, 0.3) is 0 Å². The van der Waals surface area contributed by atoms with Crippen molar-refractivity contribution in [1.29, 1.82) is 0 Å². The SMILES string of the molecule is CNC1CCN(Cc2ccc(F)cc2)C1. The zero-order valence-corrected chi connectivity index (χ0v) is 9.04. The molecule has 82 valence electrons. The van der Waals surface area contributed by atoms with Crippen molar-refractivity contribution in [3.05, 3.63) is 35.6 Å². The molecule has 1 unspecified atom stereocenters. The van der Waals surface area contributed by atoms with Crippen LogP contribution in [0.5, 0.6) is 0 Å². The van der Waals surface area contributed by atoms with Crippen molar-refractivity contribution >= 4 is 0 Å². The molecule has 0 aromatic heterocycles. The lowest BCUT2D eigenvalue weighted by Gasteiger charge is -2.15. The molecule has 0 saturated carbocycles. The molecular formula is C12H17FN2. The average Bonchev–Trinajstić information content (AvgIpc) is 2.69. The second kappa shape index (κ2) is 4.73. The van der Waals surface area contributed by atoms with Gasteiger partial charge in [0.2, 0.25) is 0 Å². The first-order valence-electron chi connectivity index (χ1n) is 5.42. The fourth-order valence-corrected chi connectivity index (χ4v) is 2.06. The zero-order valence-electron chi connectivity index (χ0n) is 9.04. The molecule has 0 bridgehead atoms. The van der Waals surface area contributed by atoms with Crippen LogP contribution in [0.2, 0.25) is 0 Å². The van der Waals surface area contributed by atoms with E-state index in [9.17, 15) is 4.39 Å². The highest BCUT2D eigenvalue weighted by atomic mass is 19.1. The number of nitrogens with zero attached hydrogens (tertiary/aromatic N) is 1. The molecule has 1 atom stereocenters. The van der Waals surface area contributed by atoms with E-state index in [0.29, 0.717) is 6.04 Å². The van der Waals surface area contributed by atoms with Gasteiger partial charge in [-0.15, -0.1) is 0 Å². The van der Waals surface area contributed by atoms with Crippen LogP contribution >= 0.6 is 0 Å². The smallest absolute Gasteiger partial charge is 0.123 e. The van der Waals surface area contributed by atoms with Crippen molar-refractivity contribution in [2.75, 3.05) is 20.1 Å². The second-order valence-electron chi connectivity index (χ2n) is 4.14. The predicted molar refractivity (Wildman–Crippen MR) is 59.1 cm³/mol. The van der Waals surface area contributed by atoms with Gasteiger partial charge in [-0.05, 0) is 31.2 Å². The molecule has 1 aliphatic rings. The first-order chi connectivity index (χ1) is 7.28.